The van der Waals surface area contributed by atoms with Crippen LogP contribution in [0.15, 0.2) is 12.2 Å². The molecule has 0 amide bonds. The van der Waals surface area contributed by atoms with E-state index in [1.54, 1.807) is 26.0 Å². The Bertz CT molecular complexity index is 229. The van der Waals surface area contributed by atoms with Gasteiger partial charge in [-0.3, -0.25) is 0 Å². The molecule has 0 heterocycles. The van der Waals surface area contributed by atoms with Gasteiger partial charge >= 0.3 is 0 Å². The van der Waals surface area contributed by atoms with Crippen LogP contribution in [0.25, 0.3) is 0 Å². The Kier molecular flexibility index (Phi) is 5.35. The van der Waals surface area contributed by atoms with Gasteiger partial charge in [0, 0.05) is 0 Å². The van der Waals surface area contributed by atoms with Crippen LogP contribution in [0.5, 0.6) is 0 Å². The van der Waals surface area contributed by atoms with E-state index < -0.39 is 18.2 Å². The molecule has 0 rings (SSSR count). The van der Waals surface area contributed by atoms with Gasteiger partial charge in [0.2, 0.25) is 0 Å². The molecule has 0 spiro atoms. The summed E-state index contributed by atoms with van der Waals surface area (Å²) in [5.74, 6) is 4.98. The molecule has 0 aliphatic heterocycles. The van der Waals surface area contributed by atoms with Crippen LogP contribution in [0.2, 0.25) is 0 Å². The third kappa shape index (κ3) is 4.65. The summed E-state index contributed by atoms with van der Waals surface area (Å²) in [6.45, 7) is 3.02. The third-order valence-electron chi connectivity index (χ3n) is 1.40. The Morgan fingerprint density at radius 3 is 2.62 bits per heavy atom. The first-order valence-corrected chi connectivity index (χ1v) is 3.94. The Balaban J connectivity index is 4.48. The zero-order chi connectivity index (χ0) is 10.3. The van der Waals surface area contributed by atoms with Crippen molar-refractivity contribution in [2.24, 2.45) is 0 Å². The molecule has 0 bridgehead atoms. The number of hydrogen-bond donors (Lipinski definition) is 4. The predicted octanol–water partition coefficient (Wildman–Crippen LogP) is -0.343. The Morgan fingerprint density at radius 1 is 1.62 bits per heavy atom. The minimum absolute atomic E-state index is 0.412. The number of hydrogen-bond acceptors (Lipinski definition) is 4. The summed E-state index contributed by atoms with van der Waals surface area (Å²) in [6.07, 6.45) is 2.30. The SMILES string of the molecule is C/C=C\C(C)(C#CC(O)CO)NO. The summed E-state index contributed by atoms with van der Waals surface area (Å²) < 4.78 is 0. The Hall–Kier alpha value is -0.860. The average molecular weight is 185 g/mol. The third-order valence-corrected chi connectivity index (χ3v) is 1.40. The fraction of sp³-hybridized carbons (Fsp3) is 0.556. The van der Waals surface area contributed by atoms with Gasteiger partial charge in [0.1, 0.15) is 11.6 Å². The van der Waals surface area contributed by atoms with Crippen molar-refractivity contribution in [3.05, 3.63) is 12.2 Å². The number of allylic oxidation sites excluding steroid dienone is 1. The molecule has 2 atom stereocenters. The van der Waals surface area contributed by atoms with Crippen LogP contribution in [0.3, 0.4) is 0 Å². The smallest absolute Gasteiger partial charge is 0.137 e. The van der Waals surface area contributed by atoms with E-state index in [4.69, 9.17) is 15.4 Å². The highest BCUT2D eigenvalue weighted by molar-refractivity contribution is 5.25. The first kappa shape index (κ1) is 12.1. The van der Waals surface area contributed by atoms with Crippen molar-refractivity contribution in [1.29, 1.82) is 0 Å². The van der Waals surface area contributed by atoms with Crippen molar-refractivity contribution < 1.29 is 15.4 Å². The molecule has 2 unspecified atom stereocenters. The maximum absolute atomic E-state index is 8.93. The lowest BCUT2D eigenvalue weighted by Crippen LogP contribution is -2.36. The quantitative estimate of drug-likeness (QED) is 0.276. The molecule has 0 radical (unpaired) electrons. The summed E-state index contributed by atoms with van der Waals surface area (Å²) in [5.41, 5.74) is 1.12. The molecular weight excluding hydrogens is 170 g/mol. The molecular formula is C9H15NO3. The number of nitrogens with one attached hydrogen (secondary N) is 1. The second-order valence-corrected chi connectivity index (χ2v) is 2.78. The summed E-state index contributed by atoms with van der Waals surface area (Å²) >= 11 is 0. The zero-order valence-corrected chi connectivity index (χ0v) is 7.78. The van der Waals surface area contributed by atoms with Gasteiger partial charge in [-0.05, 0) is 13.8 Å². The van der Waals surface area contributed by atoms with Crippen molar-refractivity contribution in [2.75, 3.05) is 6.61 Å². The van der Waals surface area contributed by atoms with E-state index in [0.717, 1.165) is 0 Å². The zero-order valence-electron chi connectivity index (χ0n) is 7.78. The summed E-state index contributed by atoms with van der Waals surface area (Å²) in [7, 11) is 0. The average Bonchev–Trinajstić information content (AvgIpc) is 2.15. The van der Waals surface area contributed by atoms with Crippen molar-refractivity contribution in [2.45, 2.75) is 25.5 Å². The van der Waals surface area contributed by atoms with Crippen LogP contribution in [0.1, 0.15) is 13.8 Å². The molecule has 4 N–H and O–H groups in total. The highest BCUT2D eigenvalue weighted by Crippen LogP contribution is 2.02. The van der Waals surface area contributed by atoms with Gasteiger partial charge in [0.25, 0.3) is 0 Å². The standard InChI is InChI=1S/C9H15NO3/c1-3-5-9(2,10-13)6-4-8(12)7-11/h3,5,8,10-13H,7H2,1-2H3/b5-3-. The summed E-state index contributed by atoms with van der Waals surface area (Å²) in [6, 6.07) is 0. The number of rotatable bonds is 3. The van der Waals surface area contributed by atoms with Crippen LogP contribution in [0.4, 0.5) is 0 Å². The van der Waals surface area contributed by atoms with Crippen molar-refractivity contribution in [1.82, 2.24) is 5.48 Å². The fourth-order valence-corrected chi connectivity index (χ4v) is 0.719. The lowest BCUT2D eigenvalue weighted by Gasteiger charge is -2.16. The molecule has 0 saturated heterocycles. The molecule has 13 heavy (non-hydrogen) atoms. The van der Waals surface area contributed by atoms with Crippen molar-refractivity contribution in [3.8, 4) is 11.8 Å². The minimum atomic E-state index is -1.07. The fourth-order valence-electron chi connectivity index (χ4n) is 0.719. The normalized spacial score (nSPS) is 17.6. The van der Waals surface area contributed by atoms with Gasteiger partial charge in [-0.1, -0.05) is 24.0 Å². The molecule has 0 aliphatic rings. The molecule has 0 aliphatic carbocycles. The van der Waals surface area contributed by atoms with E-state index in [-0.39, 0.29) is 0 Å². The van der Waals surface area contributed by atoms with Crippen LogP contribution in [-0.2, 0) is 0 Å². The minimum Gasteiger partial charge on any atom is -0.393 e. The van der Waals surface area contributed by atoms with Gasteiger partial charge in [-0.2, -0.15) is 5.48 Å². The molecule has 74 valence electrons. The van der Waals surface area contributed by atoms with Gasteiger partial charge in [0.05, 0.1) is 6.61 Å². The highest BCUT2D eigenvalue weighted by Gasteiger charge is 2.15. The van der Waals surface area contributed by atoms with E-state index in [1.807, 2.05) is 5.48 Å². The van der Waals surface area contributed by atoms with Gasteiger partial charge in [0.15, 0.2) is 0 Å². The molecule has 0 aromatic heterocycles. The number of aliphatic hydroxyl groups is 2. The summed E-state index contributed by atoms with van der Waals surface area (Å²) in [5, 5.41) is 26.2. The molecule has 4 heteroatoms. The van der Waals surface area contributed by atoms with Gasteiger partial charge in [-0.15, -0.1) is 0 Å². The summed E-state index contributed by atoms with van der Waals surface area (Å²) in [4.78, 5) is 0. The maximum Gasteiger partial charge on any atom is 0.137 e. The Morgan fingerprint density at radius 2 is 2.23 bits per heavy atom. The van der Waals surface area contributed by atoms with Crippen LogP contribution < -0.4 is 5.48 Å². The second-order valence-electron chi connectivity index (χ2n) is 2.78. The Labute approximate surface area is 77.9 Å². The second kappa shape index (κ2) is 5.73. The van der Waals surface area contributed by atoms with Crippen LogP contribution in [0, 0.1) is 11.8 Å². The van der Waals surface area contributed by atoms with E-state index in [0.29, 0.717) is 0 Å². The lowest BCUT2D eigenvalue weighted by molar-refractivity contribution is 0.121. The largest absolute Gasteiger partial charge is 0.393 e. The lowest BCUT2D eigenvalue weighted by atomic mass is 10.0. The number of hydroxylamine groups is 1. The van der Waals surface area contributed by atoms with E-state index in [2.05, 4.69) is 11.8 Å². The molecule has 0 saturated carbocycles. The van der Waals surface area contributed by atoms with Crippen LogP contribution >= 0.6 is 0 Å². The first-order valence-electron chi connectivity index (χ1n) is 3.94. The van der Waals surface area contributed by atoms with E-state index in [9.17, 15) is 0 Å². The first-order chi connectivity index (χ1) is 6.08. The predicted molar refractivity (Wildman–Crippen MR) is 49.0 cm³/mol. The topological polar surface area (TPSA) is 72.7 Å². The maximum atomic E-state index is 8.93. The van der Waals surface area contributed by atoms with E-state index >= 15 is 0 Å². The van der Waals surface area contributed by atoms with Gasteiger partial charge in [-0.25, -0.2) is 0 Å². The molecule has 0 fully saturated rings. The van der Waals surface area contributed by atoms with Crippen molar-refractivity contribution >= 4 is 0 Å². The highest BCUT2D eigenvalue weighted by atomic mass is 16.5. The van der Waals surface area contributed by atoms with Crippen LogP contribution in [-0.4, -0.2) is 33.7 Å². The van der Waals surface area contributed by atoms with E-state index in [1.165, 1.54) is 0 Å². The molecule has 4 nitrogen and oxygen atoms in total. The number of aliphatic hydroxyl groups excluding tert-OH is 2. The van der Waals surface area contributed by atoms with Gasteiger partial charge < -0.3 is 15.4 Å². The monoisotopic (exact) mass is 185 g/mol. The molecule has 0 aromatic rings. The van der Waals surface area contributed by atoms with Crippen molar-refractivity contribution in [3.63, 3.8) is 0 Å². The molecule has 0 aromatic carbocycles.